The molecule has 2 aromatic heterocycles. The van der Waals surface area contributed by atoms with Gasteiger partial charge in [0.1, 0.15) is 59.9 Å². The standard InChI is InChI=1S/C25H34N2O12S3/c1-9(30)16-4-26-24(41-16)12(3-11-18(32)21(35)19(33)13(6-28)37-11)39-23-14(7-29)38-15(20(34)22(23)36)8-40-25-27-5-17(42-25)10(2)31/h4-5,11-15,18-23,28-29,32-36H,3,6-8H2,1-2H3/t11-,12?,13-,14-,15-,18-,19-,20-,21-,22-,23-/m1/s1. The number of ether oxygens (including phenoxy) is 3. The molecule has 0 bridgehead atoms. The zero-order chi connectivity index (χ0) is 30.7. The van der Waals surface area contributed by atoms with Crippen molar-refractivity contribution in [3.05, 3.63) is 27.2 Å². The van der Waals surface area contributed by atoms with Crippen LogP contribution >= 0.6 is 34.4 Å². The van der Waals surface area contributed by atoms with Crippen molar-refractivity contribution in [2.24, 2.45) is 0 Å². The number of carbonyl (C=O) groups is 2. The van der Waals surface area contributed by atoms with Gasteiger partial charge in [0, 0.05) is 32.2 Å². The van der Waals surface area contributed by atoms with Gasteiger partial charge >= 0.3 is 0 Å². The number of hydrogen-bond donors (Lipinski definition) is 7. The van der Waals surface area contributed by atoms with E-state index in [0.717, 1.165) is 11.3 Å². The van der Waals surface area contributed by atoms with Gasteiger partial charge in [-0.05, 0) is 0 Å². The first kappa shape index (κ1) is 33.4. The molecule has 2 saturated heterocycles. The summed E-state index contributed by atoms with van der Waals surface area (Å²) in [6.07, 6.45) is -12.0. The van der Waals surface area contributed by atoms with Crippen molar-refractivity contribution < 1.29 is 59.5 Å². The molecule has 1 unspecified atom stereocenters. The maximum absolute atomic E-state index is 11.9. The molecule has 4 rings (SSSR count). The first-order valence-corrected chi connectivity index (χ1v) is 15.7. The molecular formula is C25H34N2O12S3. The Morgan fingerprint density at radius 2 is 1.40 bits per heavy atom. The Hall–Kier alpha value is -1.45. The molecule has 0 aliphatic carbocycles. The minimum Gasteiger partial charge on any atom is -0.394 e. The molecule has 17 heteroatoms. The van der Waals surface area contributed by atoms with Gasteiger partial charge in [-0.3, -0.25) is 9.59 Å². The lowest BCUT2D eigenvalue weighted by Crippen LogP contribution is -2.61. The van der Waals surface area contributed by atoms with Crippen molar-refractivity contribution in [1.29, 1.82) is 0 Å². The molecule has 2 aromatic rings. The van der Waals surface area contributed by atoms with E-state index in [9.17, 15) is 45.3 Å². The summed E-state index contributed by atoms with van der Waals surface area (Å²) in [5.41, 5.74) is 0. The summed E-state index contributed by atoms with van der Waals surface area (Å²) in [7, 11) is 0. The molecule has 2 fully saturated rings. The number of carbonyl (C=O) groups excluding carboxylic acids is 2. The van der Waals surface area contributed by atoms with Crippen LogP contribution in [0.5, 0.6) is 0 Å². The van der Waals surface area contributed by atoms with Crippen LogP contribution in [-0.2, 0) is 14.2 Å². The predicted molar refractivity (Wildman–Crippen MR) is 149 cm³/mol. The van der Waals surface area contributed by atoms with Gasteiger partial charge in [0.15, 0.2) is 15.9 Å². The highest BCUT2D eigenvalue weighted by molar-refractivity contribution is 8.01. The molecule has 0 radical (unpaired) electrons. The fourth-order valence-electron chi connectivity index (χ4n) is 4.70. The highest BCUT2D eigenvalue weighted by Gasteiger charge is 2.48. The van der Waals surface area contributed by atoms with E-state index in [1.165, 1.54) is 49.3 Å². The van der Waals surface area contributed by atoms with Gasteiger partial charge in [-0.2, -0.15) is 0 Å². The Balaban J connectivity index is 1.52. The van der Waals surface area contributed by atoms with E-state index in [2.05, 4.69) is 9.97 Å². The molecule has 234 valence electrons. The smallest absolute Gasteiger partial charge is 0.171 e. The number of thiazole rings is 2. The van der Waals surface area contributed by atoms with E-state index < -0.39 is 80.4 Å². The van der Waals surface area contributed by atoms with E-state index in [1.807, 2.05) is 0 Å². The van der Waals surface area contributed by atoms with E-state index in [-0.39, 0.29) is 28.7 Å². The zero-order valence-corrected chi connectivity index (χ0v) is 25.1. The maximum atomic E-state index is 11.9. The monoisotopic (exact) mass is 650 g/mol. The first-order chi connectivity index (χ1) is 19.9. The predicted octanol–water partition coefficient (Wildman–Crippen LogP) is -1.06. The van der Waals surface area contributed by atoms with Gasteiger partial charge in [0.05, 0.1) is 41.4 Å². The molecule has 42 heavy (non-hydrogen) atoms. The molecule has 0 amide bonds. The van der Waals surface area contributed by atoms with Crippen molar-refractivity contribution >= 4 is 46.0 Å². The Morgan fingerprint density at radius 1 is 0.833 bits per heavy atom. The summed E-state index contributed by atoms with van der Waals surface area (Å²) < 4.78 is 18.3. The van der Waals surface area contributed by atoms with Gasteiger partial charge < -0.3 is 50.0 Å². The van der Waals surface area contributed by atoms with E-state index in [1.54, 1.807) is 0 Å². The van der Waals surface area contributed by atoms with Gasteiger partial charge in [-0.25, -0.2) is 9.97 Å². The third-order valence-electron chi connectivity index (χ3n) is 7.07. The number of thioether (sulfide) groups is 1. The maximum Gasteiger partial charge on any atom is 0.171 e. The van der Waals surface area contributed by atoms with Crippen LogP contribution in [0.4, 0.5) is 0 Å². The molecule has 0 spiro atoms. The molecule has 2 aliphatic rings. The van der Waals surface area contributed by atoms with Gasteiger partial charge in [0.2, 0.25) is 0 Å². The summed E-state index contributed by atoms with van der Waals surface area (Å²) in [5.74, 6) is -0.237. The van der Waals surface area contributed by atoms with Crippen LogP contribution in [-0.4, -0.2) is 137 Å². The summed E-state index contributed by atoms with van der Waals surface area (Å²) in [6.45, 7) is 1.55. The fraction of sp³-hybridized carbons (Fsp3) is 0.680. The Kier molecular flexibility index (Phi) is 11.6. The molecule has 0 aromatic carbocycles. The third kappa shape index (κ3) is 7.43. The van der Waals surface area contributed by atoms with E-state index in [0.29, 0.717) is 14.1 Å². The van der Waals surface area contributed by atoms with Crippen molar-refractivity contribution in [3.8, 4) is 0 Å². The van der Waals surface area contributed by atoms with Gasteiger partial charge in [-0.1, -0.05) is 11.8 Å². The number of hydrogen-bond acceptors (Lipinski definition) is 17. The van der Waals surface area contributed by atoms with Crippen LogP contribution in [0.1, 0.15) is 50.7 Å². The molecular weight excluding hydrogens is 616 g/mol. The number of rotatable bonds is 12. The fourth-order valence-corrected chi connectivity index (χ4v) is 7.52. The second-order valence-electron chi connectivity index (χ2n) is 10.0. The lowest BCUT2D eigenvalue weighted by atomic mass is 9.91. The third-order valence-corrected chi connectivity index (χ3v) is 10.6. The summed E-state index contributed by atoms with van der Waals surface area (Å²) in [5, 5.41) is 73.0. The molecule has 7 N–H and O–H groups in total. The molecule has 14 nitrogen and oxygen atoms in total. The van der Waals surface area contributed by atoms with Gasteiger partial charge in [-0.15, -0.1) is 22.7 Å². The topological polar surface area (TPSA) is 229 Å². The molecule has 2 aliphatic heterocycles. The average Bonchev–Trinajstić information content (AvgIpc) is 3.65. The molecule has 11 atom stereocenters. The number of ketones is 2. The number of aliphatic hydroxyl groups is 7. The SMILES string of the molecule is CC(=O)c1cnc(SC[C@H]2O[C@H](CO)[C@@H](OC(C[C@H]3O[C@H](CO)[C@@H](O)[C@H](O)[C@@H]3O)c3ncc(C(C)=O)s3)[C@H](O)[C@@H]2O)s1. The van der Waals surface area contributed by atoms with Gasteiger partial charge in [0.25, 0.3) is 0 Å². The normalized spacial score (nSPS) is 34.3. The van der Waals surface area contributed by atoms with Crippen molar-refractivity contribution in [2.75, 3.05) is 19.0 Å². The second kappa shape index (κ2) is 14.6. The van der Waals surface area contributed by atoms with Crippen LogP contribution < -0.4 is 0 Å². The zero-order valence-electron chi connectivity index (χ0n) is 22.6. The quantitative estimate of drug-likeness (QED) is 0.107. The Labute approximate surface area is 252 Å². The molecule has 0 saturated carbocycles. The highest BCUT2D eigenvalue weighted by atomic mass is 32.2. The Morgan fingerprint density at radius 3 is 2.00 bits per heavy atom. The van der Waals surface area contributed by atoms with Crippen molar-refractivity contribution in [3.63, 3.8) is 0 Å². The number of aromatic nitrogens is 2. The second-order valence-corrected chi connectivity index (χ2v) is 13.4. The van der Waals surface area contributed by atoms with E-state index in [4.69, 9.17) is 14.2 Å². The number of Topliss-reactive ketones (excluding diaryl/α,β-unsaturated/α-hetero) is 2. The summed E-state index contributed by atoms with van der Waals surface area (Å²) >= 11 is 3.39. The van der Waals surface area contributed by atoms with Crippen LogP contribution in [0, 0.1) is 0 Å². The number of nitrogens with zero attached hydrogens (tertiary/aromatic N) is 2. The van der Waals surface area contributed by atoms with E-state index >= 15 is 0 Å². The summed E-state index contributed by atoms with van der Waals surface area (Å²) in [6, 6.07) is 0. The van der Waals surface area contributed by atoms with Crippen molar-refractivity contribution in [2.45, 2.75) is 91.8 Å². The van der Waals surface area contributed by atoms with Crippen LogP contribution in [0.25, 0.3) is 0 Å². The minimum absolute atomic E-state index is 0.127. The number of aliphatic hydroxyl groups excluding tert-OH is 7. The van der Waals surface area contributed by atoms with Crippen LogP contribution in [0.15, 0.2) is 16.7 Å². The highest BCUT2D eigenvalue weighted by Crippen LogP contribution is 2.37. The van der Waals surface area contributed by atoms with Crippen LogP contribution in [0.2, 0.25) is 0 Å². The lowest BCUT2D eigenvalue weighted by molar-refractivity contribution is -0.261. The largest absolute Gasteiger partial charge is 0.394 e. The minimum atomic E-state index is -1.64. The molecule has 4 heterocycles. The first-order valence-electron chi connectivity index (χ1n) is 13.1. The Bertz CT molecular complexity index is 1210. The van der Waals surface area contributed by atoms with Crippen LogP contribution in [0.3, 0.4) is 0 Å². The lowest BCUT2D eigenvalue weighted by Gasteiger charge is -2.44. The summed E-state index contributed by atoms with van der Waals surface area (Å²) in [4.78, 5) is 32.7. The van der Waals surface area contributed by atoms with Crippen molar-refractivity contribution in [1.82, 2.24) is 9.97 Å². The average molecular weight is 651 g/mol.